The number of phenols is 1. The van der Waals surface area contributed by atoms with Crippen molar-refractivity contribution < 1.29 is 14.7 Å². The van der Waals surface area contributed by atoms with Gasteiger partial charge in [-0.25, -0.2) is 0 Å². The highest BCUT2D eigenvalue weighted by Gasteiger charge is 2.64. The molecule has 6 atom stereocenters. The van der Waals surface area contributed by atoms with Crippen molar-refractivity contribution in [2.75, 3.05) is 12.8 Å². The van der Waals surface area contributed by atoms with E-state index in [1.165, 1.54) is 27.2 Å². The van der Waals surface area contributed by atoms with Gasteiger partial charge in [0.05, 0.1) is 10.8 Å². The van der Waals surface area contributed by atoms with Gasteiger partial charge in [-0.05, 0) is 120 Å². The van der Waals surface area contributed by atoms with Crippen LogP contribution in [-0.4, -0.2) is 28.9 Å². The van der Waals surface area contributed by atoms with Crippen LogP contribution in [0, 0.1) is 22.2 Å². The average Bonchev–Trinajstić information content (AvgIpc) is 2.93. The third kappa shape index (κ3) is 3.66. The van der Waals surface area contributed by atoms with Crippen LogP contribution in [0.4, 0.5) is 5.69 Å². The van der Waals surface area contributed by atoms with Crippen molar-refractivity contribution in [3.05, 3.63) is 58.7 Å². The van der Waals surface area contributed by atoms with Crippen LogP contribution in [0.2, 0.25) is 0 Å². The SMILES string of the molecule is CN(C(=O)[C@@]1(C)CCC[C@]2(C)c3cc(O)ccc3CC[C@@H]12)C(=O)[C@@]1(C)CCC[C@]2(C)c3cc(N)ccc3CC[C@@]12C. The number of aryl methyl sites for hydroxylation is 2. The number of anilines is 1. The third-order valence-electron chi connectivity index (χ3n) is 13.3. The summed E-state index contributed by atoms with van der Waals surface area (Å²) < 4.78 is 0. The summed E-state index contributed by atoms with van der Waals surface area (Å²) in [4.78, 5) is 30.9. The van der Waals surface area contributed by atoms with Crippen molar-refractivity contribution >= 4 is 17.5 Å². The highest BCUT2D eigenvalue weighted by atomic mass is 16.3. The topological polar surface area (TPSA) is 83.6 Å². The number of hydrogen-bond acceptors (Lipinski definition) is 4. The summed E-state index contributed by atoms with van der Waals surface area (Å²) >= 11 is 0. The number of benzene rings is 2. The Balaban J connectivity index is 1.35. The van der Waals surface area contributed by atoms with E-state index in [0.29, 0.717) is 0 Å². The van der Waals surface area contributed by atoms with Gasteiger partial charge in [0.1, 0.15) is 5.75 Å². The first kappa shape index (κ1) is 28.3. The number of fused-ring (bicyclic) bond motifs is 6. The Kier molecular flexibility index (Phi) is 6.27. The van der Waals surface area contributed by atoms with Crippen LogP contribution in [0.1, 0.15) is 108 Å². The smallest absolute Gasteiger partial charge is 0.235 e. The Morgan fingerprint density at radius 3 is 2.27 bits per heavy atom. The number of phenolic OH excluding ortho intramolecular Hbond substituents is 1. The summed E-state index contributed by atoms with van der Waals surface area (Å²) in [5, 5.41) is 10.4. The molecule has 2 fully saturated rings. The van der Waals surface area contributed by atoms with Gasteiger partial charge in [-0.1, -0.05) is 59.6 Å². The molecule has 6 rings (SSSR count). The van der Waals surface area contributed by atoms with Gasteiger partial charge in [0.15, 0.2) is 0 Å². The molecular formula is C36H48N2O3. The molecule has 0 spiro atoms. The van der Waals surface area contributed by atoms with Crippen LogP contribution in [0.3, 0.4) is 0 Å². The maximum atomic E-state index is 14.8. The zero-order valence-corrected chi connectivity index (χ0v) is 25.9. The molecule has 5 heteroatoms. The number of carbonyl (C=O) groups excluding carboxylic acids is 2. The summed E-state index contributed by atoms with van der Waals surface area (Å²) in [5.41, 5.74) is 10.2. The van der Waals surface area contributed by atoms with E-state index in [-0.39, 0.29) is 39.7 Å². The molecule has 2 aromatic rings. The van der Waals surface area contributed by atoms with E-state index in [1.54, 1.807) is 13.1 Å². The number of hydrogen-bond donors (Lipinski definition) is 2. The lowest BCUT2D eigenvalue weighted by atomic mass is 9.41. The summed E-state index contributed by atoms with van der Waals surface area (Å²) in [6.45, 7) is 11.2. The number of nitrogens with zero attached hydrogens (tertiary/aromatic N) is 1. The van der Waals surface area contributed by atoms with Crippen molar-refractivity contribution in [1.82, 2.24) is 4.90 Å². The van der Waals surface area contributed by atoms with Crippen LogP contribution in [-0.2, 0) is 33.3 Å². The van der Waals surface area contributed by atoms with Crippen LogP contribution in [0.25, 0.3) is 0 Å². The predicted molar refractivity (Wildman–Crippen MR) is 164 cm³/mol. The van der Waals surface area contributed by atoms with Gasteiger partial charge in [-0.2, -0.15) is 0 Å². The fourth-order valence-electron chi connectivity index (χ4n) is 10.5. The number of rotatable bonds is 2. The highest BCUT2D eigenvalue weighted by molar-refractivity contribution is 6.01. The molecule has 0 unspecified atom stereocenters. The Bertz CT molecular complexity index is 1430. The molecule has 0 aromatic heterocycles. The normalized spacial score (nSPS) is 37.7. The van der Waals surface area contributed by atoms with Gasteiger partial charge in [0, 0.05) is 12.7 Å². The second kappa shape index (κ2) is 9.09. The maximum Gasteiger partial charge on any atom is 0.235 e. The molecule has 2 saturated carbocycles. The van der Waals surface area contributed by atoms with Gasteiger partial charge in [-0.3, -0.25) is 14.5 Å². The lowest BCUT2D eigenvalue weighted by Gasteiger charge is -2.63. The quantitative estimate of drug-likeness (QED) is 0.306. The van der Waals surface area contributed by atoms with Crippen LogP contribution >= 0.6 is 0 Å². The van der Waals surface area contributed by atoms with Crippen molar-refractivity contribution in [2.45, 2.75) is 110 Å². The van der Waals surface area contributed by atoms with Crippen molar-refractivity contribution in [3.63, 3.8) is 0 Å². The molecular weight excluding hydrogens is 508 g/mol. The molecule has 2 amide bonds. The largest absolute Gasteiger partial charge is 0.508 e. The maximum absolute atomic E-state index is 14.8. The minimum Gasteiger partial charge on any atom is -0.508 e. The molecule has 0 radical (unpaired) electrons. The van der Waals surface area contributed by atoms with E-state index in [2.05, 4.69) is 46.8 Å². The van der Waals surface area contributed by atoms with E-state index >= 15 is 0 Å². The summed E-state index contributed by atoms with van der Waals surface area (Å²) in [6, 6.07) is 12.0. The summed E-state index contributed by atoms with van der Waals surface area (Å²) in [6.07, 6.45) is 9.12. The number of nitrogens with two attached hydrogens (primary N) is 1. The van der Waals surface area contributed by atoms with Crippen molar-refractivity contribution in [2.24, 2.45) is 22.2 Å². The number of carbonyl (C=O) groups is 2. The van der Waals surface area contributed by atoms with Crippen molar-refractivity contribution in [3.8, 4) is 5.75 Å². The van der Waals surface area contributed by atoms with Gasteiger partial charge in [0.25, 0.3) is 0 Å². The van der Waals surface area contributed by atoms with Gasteiger partial charge >= 0.3 is 0 Å². The highest BCUT2D eigenvalue weighted by Crippen LogP contribution is 2.66. The Morgan fingerprint density at radius 2 is 1.51 bits per heavy atom. The second-order valence-corrected chi connectivity index (χ2v) is 15.1. The Labute approximate surface area is 245 Å². The van der Waals surface area contributed by atoms with Gasteiger partial charge in [-0.15, -0.1) is 0 Å². The van der Waals surface area contributed by atoms with Crippen LogP contribution in [0.5, 0.6) is 5.75 Å². The molecule has 4 aliphatic rings. The number of imide groups is 1. The summed E-state index contributed by atoms with van der Waals surface area (Å²) in [5.74, 6) is 0.351. The molecule has 0 saturated heterocycles. The number of nitrogen functional groups attached to an aromatic ring is 1. The van der Waals surface area contributed by atoms with E-state index in [1.807, 2.05) is 18.2 Å². The molecule has 0 bridgehead atoms. The third-order valence-corrected chi connectivity index (χ3v) is 13.3. The van der Waals surface area contributed by atoms with Crippen molar-refractivity contribution in [1.29, 1.82) is 0 Å². The molecule has 0 heterocycles. The molecule has 2 aromatic carbocycles. The zero-order valence-electron chi connectivity index (χ0n) is 25.9. The first-order chi connectivity index (χ1) is 19.2. The molecule has 4 aliphatic carbocycles. The van der Waals surface area contributed by atoms with E-state index < -0.39 is 10.8 Å². The average molecular weight is 557 g/mol. The van der Waals surface area contributed by atoms with E-state index in [4.69, 9.17) is 5.73 Å². The predicted octanol–water partition coefficient (Wildman–Crippen LogP) is 7.07. The molecule has 5 nitrogen and oxygen atoms in total. The number of aromatic hydroxyl groups is 1. The second-order valence-electron chi connectivity index (χ2n) is 15.1. The minimum atomic E-state index is -0.661. The fourth-order valence-corrected chi connectivity index (χ4v) is 10.5. The molecule has 41 heavy (non-hydrogen) atoms. The Hall–Kier alpha value is -2.82. The molecule has 220 valence electrons. The lowest BCUT2D eigenvalue weighted by Crippen LogP contribution is -2.64. The van der Waals surface area contributed by atoms with Gasteiger partial charge in [0.2, 0.25) is 11.8 Å². The first-order valence-corrected chi connectivity index (χ1v) is 15.8. The van der Waals surface area contributed by atoms with E-state index in [0.717, 1.165) is 69.9 Å². The Morgan fingerprint density at radius 1 is 0.829 bits per heavy atom. The van der Waals surface area contributed by atoms with Crippen LogP contribution in [0.15, 0.2) is 36.4 Å². The van der Waals surface area contributed by atoms with Crippen LogP contribution < -0.4 is 5.73 Å². The standard InChI is InChI=1S/C36H48N2O3/c1-32-16-7-17-33(2,29(32)14-11-23-10-13-26(39)22-27(23)32)30(40)38(6)31(41)35(4)19-8-18-34(3)28-21-25(37)12-9-24(28)15-20-36(34,35)5/h9-10,12-13,21-22,29,39H,7-8,11,14-20,37H2,1-6H3/t29-,32-,33+,34-,35-,36-/m1/s1. The monoisotopic (exact) mass is 556 g/mol. The summed E-state index contributed by atoms with van der Waals surface area (Å²) in [7, 11) is 1.75. The first-order valence-electron chi connectivity index (χ1n) is 15.8. The lowest BCUT2D eigenvalue weighted by molar-refractivity contribution is -0.171. The molecule has 0 aliphatic heterocycles. The number of amides is 2. The van der Waals surface area contributed by atoms with Gasteiger partial charge < -0.3 is 10.8 Å². The minimum absolute atomic E-state index is 0.0226. The zero-order chi connectivity index (χ0) is 29.6. The van der Waals surface area contributed by atoms with E-state index in [9.17, 15) is 14.7 Å². The fraction of sp³-hybridized carbons (Fsp3) is 0.611. The molecule has 3 N–H and O–H groups in total.